The second-order valence-electron chi connectivity index (χ2n) is 5.84. The maximum absolute atomic E-state index is 12.8. The lowest BCUT2D eigenvalue weighted by molar-refractivity contribution is 0.102. The summed E-state index contributed by atoms with van der Waals surface area (Å²) in [6.45, 7) is 2.32. The van der Waals surface area contributed by atoms with Gasteiger partial charge in [-0.2, -0.15) is 0 Å². The molecule has 126 valence electrons. The van der Waals surface area contributed by atoms with Crippen molar-refractivity contribution in [2.45, 2.75) is 13.5 Å². The summed E-state index contributed by atoms with van der Waals surface area (Å²) in [5.41, 5.74) is 7.39. The monoisotopic (exact) mass is 332 g/mol. The number of carbonyl (C=O) groups excluding carboxylic acids is 1. The van der Waals surface area contributed by atoms with Crippen molar-refractivity contribution >= 4 is 11.6 Å². The summed E-state index contributed by atoms with van der Waals surface area (Å²) < 4.78 is 0. The molecule has 0 spiro atoms. The van der Waals surface area contributed by atoms with E-state index in [1.807, 2.05) is 79.7 Å². The molecule has 0 aliphatic heterocycles. The molecule has 0 heterocycles. The van der Waals surface area contributed by atoms with Gasteiger partial charge in [-0.1, -0.05) is 54.6 Å². The number of benzene rings is 3. The highest BCUT2D eigenvalue weighted by atomic mass is 16.5. The van der Waals surface area contributed by atoms with E-state index < -0.39 is 0 Å². The van der Waals surface area contributed by atoms with E-state index >= 15 is 0 Å². The van der Waals surface area contributed by atoms with Gasteiger partial charge in [0.15, 0.2) is 0 Å². The second-order valence-corrected chi connectivity index (χ2v) is 5.84. The van der Waals surface area contributed by atoms with Gasteiger partial charge in [-0.3, -0.25) is 4.79 Å². The molecule has 0 saturated carbocycles. The van der Waals surface area contributed by atoms with Gasteiger partial charge >= 0.3 is 0 Å². The summed E-state index contributed by atoms with van der Waals surface area (Å²) in [6.07, 6.45) is 0. The van der Waals surface area contributed by atoms with Crippen molar-refractivity contribution in [3.8, 4) is 11.1 Å². The quantitative estimate of drug-likeness (QED) is 0.607. The van der Waals surface area contributed by atoms with Crippen LogP contribution < -0.4 is 10.8 Å². The van der Waals surface area contributed by atoms with Gasteiger partial charge in [-0.05, 0) is 47.4 Å². The Morgan fingerprint density at radius 1 is 0.960 bits per heavy atom. The van der Waals surface area contributed by atoms with Crippen LogP contribution in [0.15, 0.2) is 72.8 Å². The molecule has 0 aliphatic rings. The van der Waals surface area contributed by atoms with Crippen LogP contribution in [0.3, 0.4) is 0 Å². The van der Waals surface area contributed by atoms with E-state index in [0.29, 0.717) is 12.1 Å². The van der Waals surface area contributed by atoms with Crippen molar-refractivity contribution in [1.29, 1.82) is 0 Å². The van der Waals surface area contributed by atoms with Gasteiger partial charge < -0.3 is 10.5 Å². The SMILES string of the molecule is Cc1cc(NC(=O)c2ccccc2-c2ccccc2)ccc1CNO. The Kier molecular flexibility index (Phi) is 5.23. The molecule has 1 amide bonds. The van der Waals surface area contributed by atoms with Crippen LogP contribution in [0.2, 0.25) is 0 Å². The first-order valence-corrected chi connectivity index (χ1v) is 8.11. The summed E-state index contributed by atoms with van der Waals surface area (Å²) in [5.74, 6) is -0.146. The van der Waals surface area contributed by atoms with Crippen LogP contribution >= 0.6 is 0 Å². The molecule has 3 aromatic rings. The van der Waals surface area contributed by atoms with Crippen molar-refractivity contribution in [2.75, 3.05) is 5.32 Å². The lowest BCUT2D eigenvalue weighted by Crippen LogP contribution is -2.14. The van der Waals surface area contributed by atoms with E-state index in [-0.39, 0.29) is 5.91 Å². The summed E-state index contributed by atoms with van der Waals surface area (Å²) in [5, 5.41) is 11.8. The van der Waals surface area contributed by atoms with Crippen molar-refractivity contribution < 1.29 is 10.0 Å². The molecule has 0 saturated heterocycles. The second kappa shape index (κ2) is 7.75. The van der Waals surface area contributed by atoms with E-state index in [4.69, 9.17) is 5.21 Å². The molecule has 3 aromatic carbocycles. The fourth-order valence-electron chi connectivity index (χ4n) is 2.81. The Morgan fingerprint density at radius 2 is 1.68 bits per heavy atom. The molecule has 0 fully saturated rings. The Balaban J connectivity index is 1.86. The highest BCUT2D eigenvalue weighted by molar-refractivity contribution is 6.08. The number of aryl methyl sites for hydroxylation is 1. The number of amides is 1. The number of hydrogen-bond acceptors (Lipinski definition) is 3. The topological polar surface area (TPSA) is 61.4 Å². The van der Waals surface area contributed by atoms with Gasteiger partial charge in [-0.15, -0.1) is 0 Å². The average molecular weight is 332 g/mol. The van der Waals surface area contributed by atoms with Crippen LogP contribution in [0.4, 0.5) is 5.69 Å². The van der Waals surface area contributed by atoms with E-state index in [9.17, 15) is 4.79 Å². The molecule has 0 aliphatic carbocycles. The zero-order chi connectivity index (χ0) is 17.6. The lowest BCUT2D eigenvalue weighted by Gasteiger charge is -2.12. The first-order chi connectivity index (χ1) is 12.2. The van der Waals surface area contributed by atoms with Crippen molar-refractivity contribution in [3.63, 3.8) is 0 Å². The highest BCUT2D eigenvalue weighted by Gasteiger charge is 2.12. The van der Waals surface area contributed by atoms with Gasteiger partial charge in [0.25, 0.3) is 5.91 Å². The number of nitrogens with one attached hydrogen (secondary N) is 2. The van der Waals surface area contributed by atoms with Crippen LogP contribution in [0, 0.1) is 6.92 Å². The molecule has 3 N–H and O–H groups in total. The summed E-state index contributed by atoms with van der Waals surface area (Å²) >= 11 is 0. The number of carbonyl (C=O) groups is 1. The molecule has 0 aromatic heterocycles. The Hall–Kier alpha value is -2.95. The van der Waals surface area contributed by atoms with Crippen molar-refractivity contribution in [3.05, 3.63) is 89.5 Å². The minimum absolute atomic E-state index is 0.146. The van der Waals surface area contributed by atoms with Crippen LogP contribution in [-0.4, -0.2) is 11.1 Å². The van der Waals surface area contributed by atoms with Gasteiger partial charge in [0.1, 0.15) is 0 Å². The van der Waals surface area contributed by atoms with Crippen molar-refractivity contribution in [2.24, 2.45) is 0 Å². The number of hydrogen-bond donors (Lipinski definition) is 3. The summed E-state index contributed by atoms with van der Waals surface area (Å²) in [7, 11) is 0. The van der Waals surface area contributed by atoms with E-state index in [2.05, 4.69) is 10.8 Å². The molecule has 3 rings (SSSR count). The summed E-state index contributed by atoms with van der Waals surface area (Å²) in [6, 6.07) is 23.1. The van der Waals surface area contributed by atoms with E-state index in [1.54, 1.807) is 0 Å². The van der Waals surface area contributed by atoms with Crippen LogP contribution in [0.25, 0.3) is 11.1 Å². The number of hydroxylamine groups is 1. The summed E-state index contributed by atoms with van der Waals surface area (Å²) in [4.78, 5) is 12.8. The molecule has 0 atom stereocenters. The molecule has 25 heavy (non-hydrogen) atoms. The van der Waals surface area contributed by atoms with Gasteiger partial charge in [0.2, 0.25) is 0 Å². The Morgan fingerprint density at radius 3 is 2.40 bits per heavy atom. The maximum Gasteiger partial charge on any atom is 0.256 e. The fraction of sp³-hybridized carbons (Fsp3) is 0.0952. The van der Waals surface area contributed by atoms with Gasteiger partial charge in [-0.25, -0.2) is 5.48 Å². The third-order valence-electron chi connectivity index (χ3n) is 4.13. The minimum Gasteiger partial charge on any atom is -0.322 e. The zero-order valence-corrected chi connectivity index (χ0v) is 14.0. The minimum atomic E-state index is -0.146. The predicted molar refractivity (Wildman–Crippen MR) is 99.6 cm³/mol. The van der Waals surface area contributed by atoms with E-state index in [1.165, 1.54) is 0 Å². The molecular weight excluding hydrogens is 312 g/mol. The van der Waals surface area contributed by atoms with E-state index in [0.717, 1.165) is 27.9 Å². The molecule has 0 unspecified atom stereocenters. The van der Waals surface area contributed by atoms with Crippen molar-refractivity contribution in [1.82, 2.24) is 5.48 Å². The first kappa shape index (κ1) is 16.9. The van der Waals surface area contributed by atoms with Crippen LogP contribution in [0.5, 0.6) is 0 Å². The molecule has 0 radical (unpaired) electrons. The maximum atomic E-state index is 12.8. The number of rotatable bonds is 5. The average Bonchev–Trinajstić information content (AvgIpc) is 2.65. The smallest absolute Gasteiger partial charge is 0.256 e. The molecule has 0 bridgehead atoms. The normalized spacial score (nSPS) is 10.5. The number of anilines is 1. The molecule has 4 heteroatoms. The lowest BCUT2D eigenvalue weighted by atomic mass is 9.99. The zero-order valence-electron chi connectivity index (χ0n) is 14.0. The Labute approximate surface area is 147 Å². The van der Waals surface area contributed by atoms with Gasteiger partial charge in [0.05, 0.1) is 0 Å². The fourth-order valence-corrected chi connectivity index (χ4v) is 2.81. The first-order valence-electron chi connectivity index (χ1n) is 8.11. The highest BCUT2D eigenvalue weighted by Crippen LogP contribution is 2.24. The molecular formula is C21H20N2O2. The van der Waals surface area contributed by atoms with Gasteiger partial charge in [0, 0.05) is 17.8 Å². The predicted octanol–water partition coefficient (Wildman–Crippen LogP) is 4.39. The Bertz CT molecular complexity index is 876. The third kappa shape index (κ3) is 3.94. The largest absolute Gasteiger partial charge is 0.322 e. The standard InChI is InChI=1S/C21H20N2O2/c1-15-13-18(12-11-17(15)14-22-25)23-21(24)20-10-6-5-9-19(20)16-7-3-2-4-8-16/h2-13,22,25H,14H2,1H3,(H,23,24). The van der Waals surface area contributed by atoms with Crippen LogP contribution in [-0.2, 0) is 6.54 Å². The van der Waals surface area contributed by atoms with Crippen LogP contribution in [0.1, 0.15) is 21.5 Å². The third-order valence-corrected chi connectivity index (χ3v) is 4.13. The molecule has 4 nitrogen and oxygen atoms in total.